The second-order valence-electron chi connectivity index (χ2n) is 4.06. The van der Waals surface area contributed by atoms with Crippen LogP contribution in [0.1, 0.15) is 27.7 Å². The average Bonchev–Trinajstić information content (AvgIpc) is 2.03. The van der Waals surface area contributed by atoms with Crippen LogP contribution >= 0.6 is 0 Å². The highest BCUT2D eigenvalue weighted by Gasteiger charge is 2.08. The molecule has 0 amide bonds. The average molecular weight is 188 g/mol. The number of nitrogens with one attached hydrogen (secondary N) is 1. The van der Waals surface area contributed by atoms with Gasteiger partial charge in [-0.15, -0.1) is 0 Å². The summed E-state index contributed by atoms with van der Waals surface area (Å²) in [5, 5.41) is 12.5. The third kappa shape index (κ3) is 6.02. The molecule has 0 saturated carbocycles. The molecule has 0 aliphatic carbocycles. The van der Waals surface area contributed by atoms with Crippen molar-refractivity contribution in [2.24, 2.45) is 0 Å². The minimum absolute atomic E-state index is 0.181. The highest BCUT2D eigenvalue weighted by molar-refractivity contribution is 4.67. The quantitative estimate of drug-likeness (QED) is 0.643. The molecule has 0 fully saturated rings. The first-order valence-electron chi connectivity index (χ1n) is 5.06. The Bertz CT molecular complexity index is 112. The fraction of sp³-hybridized carbons (Fsp3) is 1.00. The summed E-state index contributed by atoms with van der Waals surface area (Å²) >= 11 is 0. The second kappa shape index (κ2) is 6.35. The number of likely N-dealkylation sites (N-methyl/N-ethyl adjacent to an activating group) is 1. The first kappa shape index (κ1) is 12.9. The van der Waals surface area contributed by atoms with Gasteiger partial charge in [0.15, 0.2) is 0 Å². The third-order valence-electron chi connectivity index (χ3n) is 2.54. The summed E-state index contributed by atoms with van der Waals surface area (Å²) in [5.41, 5.74) is 0. The van der Waals surface area contributed by atoms with E-state index in [4.69, 9.17) is 0 Å². The van der Waals surface area contributed by atoms with Gasteiger partial charge in [-0.2, -0.15) is 0 Å². The maximum absolute atomic E-state index is 9.22. The fourth-order valence-electron chi connectivity index (χ4n) is 0.897. The van der Waals surface area contributed by atoms with Crippen molar-refractivity contribution in [3.05, 3.63) is 0 Å². The monoisotopic (exact) mass is 188 g/mol. The highest BCUT2D eigenvalue weighted by Crippen LogP contribution is 1.93. The van der Waals surface area contributed by atoms with Gasteiger partial charge < -0.3 is 15.3 Å². The van der Waals surface area contributed by atoms with Gasteiger partial charge >= 0.3 is 0 Å². The molecule has 0 radical (unpaired) electrons. The Hall–Kier alpha value is -0.120. The summed E-state index contributed by atoms with van der Waals surface area (Å²) in [7, 11) is 2.11. The predicted molar refractivity (Wildman–Crippen MR) is 56.9 cm³/mol. The summed E-state index contributed by atoms with van der Waals surface area (Å²) in [4.78, 5) is 2.28. The number of hydrogen-bond acceptors (Lipinski definition) is 3. The van der Waals surface area contributed by atoms with Crippen molar-refractivity contribution in [1.29, 1.82) is 0 Å². The van der Waals surface area contributed by atoms with Gasteiger partial charge in [-0.3, -0.25) is 0 Å². The van der Waals surface area contributed by atoms with E-state index >= 15 is 0 Å². The van der Waals surface area contributed by atoms with Gasteiger partial charge in [0.1, 0.15) is 0 Å². The van der Waals surface area contributed by atoms with Gasteiger partial charge in [-0.25, -0.2) is 0 Å². The zero-order valence-corrected chi connectivity index (χ0v) is 9.54. The molecule has 0 heterocycles. The number of hydrogen-bond donors (Lipinski definition) is 2. The Balaban J connectivity index is 3.45. The minimum atomic E-state index is -0.274. The Kier molecular flexibility index (Phi) is 6.29. The van der Waals surface area contributed by atoms with E-state index in [1.54, 1.807) is 0 Å². The lowest BCUT2D eigenvalue weighted by atomic mass is 10.2. The molecule has 0 spiro atoms. The van der Waals surface area contributed by atoms with Crippen LogP contribution in [0, 0.1) is 0 Å². The molecule has 0 aromatic carbocycles. The van der Waals surface area contributed by atoms with Crippen LogP contribution < -0.4 is 5.32 Å². The molecule has 0 rings (SSSR count). The van der Waals surface area contributed by atoms with E-state index < -0.39 is 0 Å². The fourth-order valence-corrected chi connectivity index (χ4v) is 0.897. The Morgan fingerprint density at radius 1 is 1.23 bits per heavy atom. The molecule has 2 unspecified atom stereocenters. The van der Waals surface area contributed by atoms with Gasteiger partial charge in [-0.1, -0.05) is 0 Å². The van der Waals surface area contributed by atoms with Crippen molar-refractivity contribution in [2.45, 2.75) is 45.9 Å². The van der Waals surface area contributed by atoms with Crippen molar-refractivity contribution in [1.82, 2.24) is 10.2 Å². The number of rotatable bonds is 6. The topological polar surface area (TPSA) is 35.5 Å². The summed E-state index contributed by atoms with van der Waals surface area (Å²) in [6, 6.07) is 0.768. The molecule has 0 aromatic heterocycles. The van der Waals surface area contributed by atoms with Crippen LogP contribution in [0.5, 0.6) is 0 Å². The van der Waals surface area contributed by atoms with Crippen LogP contribution in [0.25, 0.3) is 0 Å². The molecule has 0 aromatic rings. The molecule has 2 N–H and O–H groups in total. The zero-order valence-electron chi connectivity index (χ0n) is 9.54. The van der Waals surface area contributed by atoms with Gasteiger partial charge in [0.2, 0.25) is 0 Å². The summed E-state index contributed by atoms with van der Waals surface area (Å²) in [5.74, 6) is 0. The molecule has 80 valence electrons. The lowest BCUT2D eigenvalue weighted by molar-refractivity contribution is 0.149. The highest BCUT2D eigenvalue weighted by atomic mass is 16.3. The van der Waals surface area contributed by atoms with Crippen molar-refractivity contribution < 1.29 is 5.11 Å². The van der Waals surface area contributed by atoms with E-state index in [9.17, 15) is 5.11 Å². The van der Waals surface area contributed by atoms with Crippen molar-refractivity contribution in [3.8, 4) is 0 Å². The maximum atomic E-state index is 9.22. The second-order valence-corrected chi connectivity index (χ2v) is 4.06. The summed E-state index contributed by atoms with van der Waals surface area (Å²) in [6.45, 7) is 10.1. The van der Waals surface area contributed by atoms with E-state index in [0.717, 1.165) is 13.1 Å². The summed E-state index contributed by atoms with van der Waals surface area (Å²) in [6.07, 6.45) is -0.274. The molecule has 0 aliphatic heterocycles. The first-order valence-corrected chi connectivity index (χ1v) is 5.06. The molecular weight excluding hydrogens is 164 g/mol. The summed E-state index contributed by atoms with van der Waals surface area (Å²) < 4.78 is 0. The Labute approximate surface area is 82.1 Å². The van der Waals surface area contributed by atoms with E-state index in [1.807, 2.05) is 13.8 Å². The van der Waals surface area contributed by atoms with E-state index in [2.05, 4.69) is 31.1 Å². The van der Waals surface area contributed by atoms with Crippen molar-refractivity contribution in [2.75, 3.05) is 20.1 Å². The molecule has 0 aliphatic rings. The SMILES string of the molecule is CC(O)C(C)NCCN(C)C(C)C. The molecule has 0 bridgehead atoms. The van der Waals surface area contributed by atoms with Gasteiger partial charge in [0.05, 0.1) is 6.10 Å². The molecule has 3 nitrogen and oxygen atoms in total. The van der Waals surface area contributed by atoms with Gasteiger partial charge in [0.25, 0.3) is 0 Å². The van der Waals surface area contributed by atoms with Gasteiger partial charge in [0, 0.05) is 25.2 Å². The molecule has 0 saturated heterocycles. The van der Waals surface area contributed by atoms with Crippen LogP contribution in [0.2, 0.25) is 0 Å². The number of nitrogens with zero attached hydrogens (tertiary/aromatic N) is 1. The maximum Gasteiger partial charge on any atom is 0.0662 e. The van der Waals surface area contributed by atoms with Crippen LogP contribution in [0.3, 0.4) is 0 Å². The van der Waals surface area contributed by atoms with E-state index in [0.29, 0.717) is 6.04 Å². The lowest BCUT2D eigenvalue weighted by Crippen LogP contribution is -2.41. The lowest BCUT2D eigenvalue weighted by Gasteiger charge is -2.23. The Morgan fingerprint density at radius 3 is 2.15 bits per heavy atom. The van der Waals surface area contributed by atoms with Crippen LogP contribution in [-0.4, -0.2) is 48.3 Å². The zero-order chi connectivity index (χ0) is 10.4. The smallest absolute Gasteiger partial charge is 0.0662 e. The van der Waals surface area contributed by atoms with Crippen molar-refractivity contribution >= 4 is 0 Å². The molecule has 3 heteroatoms. The van der Waals surface area contributed by atoms with Crippen LogP contribution in [0.4, 0.5) is 0 Å². The van der Waals surface area contributed by atoms with E-state index in [-0.39, 0.29) is 12.1 Å². The molecular formula is C10H24N2O. The molecule has 2 atom stereocenters. The van der Waals surface area contributed by atoms with Gasteiger partial charge in [-0.05, 0) is 34.7 Å². The third-order valence-corrected chi connectivity index (χ3v) is 2.54. The van der Waals surface area contributed by atoms with Crippen LogP contribution in [-0.2, 0) is 0 Å². The van der Waals surface area contributed by atoms with Crippen LogP contribution in [0.15, 0.2) is 0 Å². The Morgan fingerprint density at radius 2 is 1.77 bits per heavy atom. The largest absolute Gasteiger partial charge is 0.392 e. The number of aliphatic hydroxyl groups excluding tert-OH is 1. The normalized spacial score (nSPS) is 16.6. The molecule has 13 heavy (non-hydrogen) atoms. The number of aliphatic hydroxyl groups is 1. The van der Waals surface area contributed by atoms with E-state index in [1.165, 1.54) is 0 Å². The van der Waals surface area contributed by atoms with Crippen molar-refractivity contribution in [3.63, 3.8) is 0 Å². The standard InChI is InChI=1S/C10H24N2O/c1-8(2)12(5)7-6-11-9(3)10(4)13/h8-11,13H,6-7H2,1-5H3. The minimum Gasteiger partial charge on any atom is -0.392 e. The predicted octanol–water partition coefficient (Wildman–Crippen LogP) is 0.685. The first-order chi connectivity index (χ1) is 5.95.